The summed E-state index contributed by atoms with van der Waals surface area (Å²) < 4.78 is 0. The summed E-state index contributed by atoms with van der Waals surface area (Å²) in [6.45, 7) is 0.454. The van der Waals surface area contributed by atoms with Crippen LogP contribution >= 0.6 is 0 Å². The van der Waals surface area contributed by atoms with Gasteiger partial charge in [-0.05, 0) is 12.2 Å². The van der Waals surface area contributed by atoms with Crippen LogP contribution in [-0.4, -0.2) is 35.9 Å². The Morgan fingerprint density at radius 1 is 1.60 bits per heavy atom. The highest BCUT2D eigenvalue weighted by Gasteiger charge is 2.28. The molecule has 2 aliphatic rings. The molecule has 0 saturated carbocycles. The first-order chi connectivity index (χ1) is 7.15. The zero-order valence-electron chi connectivity index (χ0n) is 8.15. The van der Waals surface area contributed by atoms with Crippen LogP contribution in [0, 0.1) is 0 Å². The summed E-state index contributed by atoms with van der Waals surface area (Å²) >= 11 is 0. The minimum Gasteiger partial charge on any atom is -0.477 e. The van der Waals surface area contributed by atoms with Crippen LogP contribution in [0.5, 0.6) is 0 Å². The van der Waals surface area contributed by atoms with E-state index in [0.717, 1.165) is 12.0 Å². The molecule has 2 N–H and O–H groups in total. The molecule has 0 aromatic rings. The van der Waals surface area contributed by atoms with Gasteiger partial charge in [-0.15, -0.1) is 0 Å². The molecule has 2 rings (SSSR count). The number of carbonyl (C=O) groups is 2. The van der Waals surface area contributed by atoms with E-state index < -0.39 is 5.97 Å². The maximum atomic E-state index is 10.9. The predicted molar refractivity (Wildman–Crippen MR) is 52.7 cm³/mol. The Bertz CT molecular complexity index is 432. The number of allylic oxidation sites excluding steroid dienone is 2. The van der Waals surface area contributed by atoms with Gasteiger partial charge in [-0.1, -0.05) is 0 Å². The molecule has 0 amide bonds. The fourth-order valence-electron chi connectivity index (χ4n) is 1.77. The number of aliphatic carboxylic acids is 1. The molecule has 0 atom stereocenters. The van der Waals surface area contributed by atoms with Crippen LogP contribution in [0.3, 0.4) is 0 Å². The van der Waals surface area contributed by atoms with Crippen molar-refractivity contribution in [3.63, 3.8) is 0 Å². The lowest BCUT2D eigenvalue weighted by Gasteiger charge is -2.25. The second-order valence-corrected chi connectivity index (χ2v) is 3.34. The number of carboxylic acid groups (broad SMARTS) is 1. The highest BCUT2D eigenvalue weighted by atomic mass is 16.4. The van der Waals surface area contributed by atoms with Crippen LogP contribution in [-0.2, 0) is 9.59 Å². The van der Waals surface area contributed by atoms with Gasteiger partial charge in [0.15, 0.2) is 0 Å². The molecule has 0 unspecified atom stereocenters. The van der Waals surface area contributed by atoms with Crippen LogP contribution in [0.1, 0.15) is 0 Å². The van der Waals surface area contributed by atoms with Crippen molar-refractivity contribution in [2.75, 3.05) is 13.6 Å². The van der Waals surface area contributed by atoms with Crippen LogP contribution in [0.4, 0.5) is 0 Å². The summed E-state index contributed by atoms with van der Waals surface area (Å²) in [5.41, 5.74) is 2.20. The molecule has 78 valence electrons. The van der Waals surface area contributed by atoms with Gasteiger partial charge in [-0.2, -0.15) is 0 Å². The van der Waals surface area contributed by atoms with Gasteiger partial charge in [0.25, 0.3) is 0 Å². The quantitative estimate of drug-likeness (QED) is 0.614. The van der Waals surface area contributed by atoms with Gasteiger partial charge in [0.1, 0.15) is 12.0 Å². The van der Waals surface area contributed by atoms with E-state index in [9.17, 15) is 9.59 Å². The van der Waals surface area contributed by atoms with Gasteiger partial charge in [0.2, 0.25) is 0 Å². The number of hydrogen-bond donors (Lipinski definition) is 2. The predicted octanol–water partition coefficient (Wildman–Crippen LogP) is -0.160. The molecule has 0 aliphatic carbocycles. The molecule has 0 bridgehead atoms. The zero-order chi connectivity index (χ0) is 11.0. The molecule has 0 saturated heterocycles. The summed E-state index contributed by atoms with van der Waals surface area (Å²) in [5.74, 6) is -1.00. The molecule has 5 nitrogen and oxygen atoms in total. The molecule has 2 aliphatic heterocycles. The fraction of sp³-hybridized carbons (Fsp3) is 0.200. The Hall–Kier alpha value is -2.04. The smallest absolute Gasteiger partial charge is 0.352 e. The maximum Gasteiger partial charge on any atom is 0.352 e. The third-order valence-corrected chi connectivity index (χ3v) is 2.49. The lowest BCUT2D eigenvalue weighted by molar-refractivity contribution is -0.134. The van der Waals surface area contributed by atoms with Crippen LogP contribution < -0.4 is 5.32 Å². The maximum absolute atomic E-state index is 10.9. The Morgan fingerprint density at radius 2 is 2.33 bits per heavy atom. The van der Waals surface area contributed by atoms with Crippen LogP contribution in [0.25, 0.3) is 0 Å². The van der Waals surface area contributed by atoms with Gasteiger partial charge < -0.3 is 15.3 Å². The van der Waals surface area contributed by atoms with Crippen molar-refractivity contribution in [2.24, 2.45) is 0 Å². The standard InChI is InChI=1S/C10H10N2O3/c1-12-8(10(14)15)3-2-7-9(12)6(5-13)4-11-7/h2-3,5,11H,4H2,1H3,(H,14,15). The molecular formula is C10H10N2O3. The van der Waals surface area contributed by atoms with E-state index in [1.54, 1.807) is 13.1 Å². The van der Waals surface area contributed by atoms with Crippen LogP contribution in [0.2, 0.25) is 0 Å². The minimum absolute atomic E-state index is 0.164. The van der Waals surface area contributed by atoms with Gasteiger partial charge in [-0.25, -0.2) is 4.79 Å². The van der Waals surface area contributed by atoms with Crippen LogP contribution in [0.15, 0.2) is 34.8 Å². The van der Waals surface area contributed by atoms with Crippen molar-refractivity contribution in [2.45, 2.75) is 0 Å². The average Bonchev–Trinajstić information content (AvgIpc) is 2.61. The Balaban J connectivity index is 2.49. The van der Waals surface area contributed by atoms with Crippen molar-refractivity contribution >= 4 is 12.3 Å². The van der Waals surface area contributed by atoms with Gasteiger partial charge >= 0.3 is 5.97 Å². The second-order valence-electron chi connectivity index (χ2n) is 3.34. The van der Waals surface area contributed by atoms with E-state index in [1.807, 2.05) is 0 Å². The molecule has 5 heteroatoms. The van der Waals surface area contributed by atoms with Gasteiger partial charge in [-0.3, -0.25) is 4.79 Å². The number of aldehydes is 1. The monoisotopic (exact) mass is 206 g/mol. The van der Waals surface area contributed by atoms with Crippen molar-refractivity contribution in [1.29, 1.82) is 0 Å². The lowest BCUT2D eigenvalue weighted by Crippen LogP contribution is -2.27. The first-order valence-corrected chi connectivity index (χ1v) is 4.46. The van der Waals surface area contributed by atoms with E-state index in [2.05, 4.69) is 5.32 Å². The number of carbonyl (C=O) groups excluding carboxylic acids is 1. The first-order valence-electron chi connectivity index (χ1n) is 4.46. The fourth-order valence-corrected chi connectivity index (χ4v) is 1.77. The summed E-state index contributed by atoms with van der Waals surface area (Å²) in [6, 6.07) is 0. The molecule has 0 aromatic carbocycles. The van der Waals surface area contributed by atoms with E-state index >= 15 is 0 Å². The third kappa shape index (κ3) is 1.32. The number of hydrogen-bond acceptors (Lipinski definition) is 4. The van der Waals surface area contributed by atoms with E-state index in [-0.39, 0.29) is 5.70 Å². The Morgan fingerprint density at radius 3 is 2.93 bits per heavy atom. The highest BCUT2D eigenvalue weighted by Crippen LogP contribution is 2.28. The summed E-state index contributed by atoms with van der Waals surface area (Å²) in [7, 11) is 1.64. The van der Waals surface area contributed by atoms with Crippen molar-refractivity contribution in [3.05, 3.63) is 34.8 Å². The number of carboxylic acids is 1. The average molecular weight is 206 g/mol. The molecule has 2 heterocycles. The number of fused-ring (bicyclic) bond motifs is 1. The topological polar surface area (TPSA) is 69.6 Å². The second kappa shape index (κ2) is 3.27. The molecule has 15 heavy (non-hydrogen) atoms. The summed E-state index contributed by atoms with van der Waals surface area (Å²) in [4.78, 5) is 23.2. The normalized spacial score (nSPS) is 19.1. The summed E-state index contributed by atoms with van der Waals surface area (Å²) in [5, 5.41) is 11.9. The number of likely N-dealkylation sites (N-methyl/N-ethyl adjacent to an activating group) is 1. The molecule has 0 aromatic heterocycles. The largest absolute Gasteiger partial charge is 0.477 e. The highest BCUT2D eigenvalue weighted by molar-refractivity contribution is 5.89. The van der Waals surface area contributed by atoms with Gasteiger partial charge in [0.05, 0.1) is 11.4 Å². The number of rotatable bonds is 2. The Labute approximate surface area is 86.4 Å². The first kappa shape index (κ1) is 9.51. The summed E-state index contributed by atoms with van der Waals surface area (Å²) in [6.07, 6.45) is 3.95. The SMILES string of the molecule is CN1C(C(=O)O)=CC=C2NCC(C=O)=C21. The number of nitrogens with one attached hydrogen (secondary N) is 1. The zero-order valence-corrected chi connectivity index (χ0v) is 8.15. The Kier molecular flexibility index (Phi) is 2.07. The number of nitrogens with zero attached hydrogens (tertiary/aromatic N) is 1. The molecule has 0 spiro atoms. The molecular weight excluding hydrogens is 196 g/mol. The van der Waals surface area contributed by atoms with E-state index in [0.29, 0.717) is 17.8 Å². The minimum atomic E-state index is -1.00. The molecule has 0 fully saturated rings. The van der Waals surface area contributed by atoms with Crippen molar-refractivity contribution in [3.8, 4) is 0 Å². The van der Waals surface area contributed by atoms with Crippen molar-refractivity contribution < 1.29 is 14.7 Å². The van der Waals surface area contributed by atoms with Crippen molar-refractivity contribution in [1.82, 2.24) is 10.2 Å². The lowest BCUT2D eigenvalue weighted by atomic mass is 10.1. The third-order valence-electron chi connectivity index (χ3n) is 2.49. The van der Waals surface area contributed by atoms with E-state index in [4.69, 9.17) is 5.11 Å². The van der Waals surface area contributed by atoms with Gasteiger partial charge in [0, 0.05) is 19.2 Å². The van der Waals surface area contributed by atoms with E-state index in [1.165, 1.54) is 11.0 Å². The molecule has 0 radical (unpaired) electrons.